The van der Waals surface area contributed by atoms with Crippen LogP contribution in [0.25, 0.3) is 0 Å². The summed E-state index contributed by atoms with van der Waals surface area (Å²) in [7, 11) is -3.32. The van der Waals surface area contributed by atoms with E-state index < -0.39 is 21.9 Å². The Morgan fingerprint density at radius 1 is 1.47 bits per heavy atom. The fourth-order valence-electron chi connectivity index (χ4n) is 1.14. The van der Waals surface area contributed by atoms with Gasteiger partial charge < -0.3 is 4.74 Å². The van der Waals surface area contributed by atoms with E-state index >= 15 is 0 Å². The maximum atomic E-state index is 11.6. The monoisotopic (exact) mass is 254 g/mol. The van der Waals surface area contributed by atoms with Crippen molar-refractivity contribution in [3.8, 4) is 0 Å². The molecule has 17 heavy (non-hydrogen) atoms. The van der Waals surface area contributed by atoms with E-state index in [-0.39, 0.29) is 10.5 Å². The molecule has 1 atom stereocenters. The molecule has 0 saturated heterocycles. The first-order valence-corrected chi connectivity index (χ1v) is 6.87. The van der Waals surface area contributed by atoms with Crippen LogP contribution in [0.3, 0.4) is 0 Å². The molecule has 0 fully saturated rings. The van der Waals surface area contributed by atoms with E-state index in [1.807, 2.05) is 0 Å². The Kier molecular flexibility index (Phi) is 4.07. The van der Waals surface area contributed by atoms with E-state index in [2.05, 4.69) is 6.58 Å². The molecule has 1 aromatic rings. The van der Waals surface area contributed by atoms with Crippen LogP contribution >= 0.6 is 0 Å². The average molecular weight is 254 g/mol. The standard InChI is InChI=1S/C12H14O4S/c1-4-9(2)16-12(13)10-6-5-7-11(8-10)17(3,14)15/h4-9H,1H2,2-3H3/t9-/m1/s1. The number of hydrogen-bond acceptors (Lipinski definition) is 4. The zero-order valence-electron chi connectivity index (χ0n) is 9.71. The summed E-state index contributed by atoms with van der Waals surface area (Å²) in [4.78, 5) is 11.7. The van der Waals surface area contributed by atoms with Crippen molar-refractivity contribution in [2.75, 3.05) is 6.26 Å². The van der Waals surface area contributed by atoms with E-state index in [1.165, 1.54) is 30.3 Å². The number of hydrogen-bond donors (Lipinski definition) is 0. The van der Waals surface area contributed by atoms with E-state index in [0.717, 1.165) is 6.26 Å². The predicted molar refractivity (Wildman–Crippen MR) is 64.6 cm³/mol. The highest BCUT2D eigenvalue weighted by Crippen LogP contribution is 2.13. The van der Waals surface area contributed by atoms with Crippen LogP contribution in [-0.4, -0.2) is 26.7 Å². The van der Waals surface area contributed by atoms with Gasteiger partial charge in [0.2, 0.25) is 0 Å². The van der Waals surface area contributed by atoms with Gasteiger partial charge in [-0.25, -0.2) is 13.2 Å². The average Bonchev–Trinajstić information content (AvgIpc) is 2.28. The van der Waals surface area contributed by atoms with Crippen molar-refractivity contribution in [3.63, 3.8) is 0 Å². The van der Waals surface area contributed by atoms with Crippen molar-refractivity contribution in [2.24, 2.45) is 0 Å². The minimum atomic E-state index is -3.32. The minimum absolute atomic E-state index is 0.0956. The lowest BCUT2D eigenvalue weighted by Crippen LogP contribution is -2.13. The van der Waals surface area contributed by atoms with E-state index in [0.29, 0.717) is 0 Å². The van der Waals surface area contributed by atoms with Gasteiger partial charge in [0.05, 0.1) is 10.5 Å². The second kappa shape index (κ2) is 5.14. The third-order valence-corrected chi connectivity index (χ3v) is 3.23. The maximum absolute atomic E-state index is 11.6. The van der Waals surface area contributed by atoms with Gasteiger partial charge in [0.25, 0.3) is 0 Å². The van der Waals surface area contributed by atoms with E-state index in [4.69, 9.17) is 4.74 Å². The van der Waals surface area contributed by atoms with Gasteiger partial charge in [-0.05, 0) is 25.1 Å². The molecule has 0 bridgehead atoms. The van der Waals surface area contributed by atoms with E-state index in [1.54, 1.807) is 6.92 Å². The molecular weight excluding hydrogens is 240 g/mol. The maximum Gasteiger partial charge on any atom is 0.338 e. The Bertz CT molecular complexity index is 531. The molecule has 0 radical (unpaired) electrons. The van der Waals surface area contributed by atoms with Crippen LogP contribution in [0, 0.1) is 0 Å². The molecule has 1 rings (SSSR count). The topological polar surface area (TPSA) is 60.4 Å². The molecule has 92 valence electrons. The van der Waals surface area contributed by atoms with Crippen LogP contribution in [0.15, 0.2) is 41.8 Å². The number of esters is 1. The quantitative estimate of drug-likeness (QED) is 0.607. The Hall–Kier alpha value is -1.62. The summed E-state index contributed by atoms with van der Waals surface area (Å²) in [6.45, 7) is 5.16. The summed E-state index contributed by atoms with van der Waals surface area (Å²) < 4.78 is 27.6. The van der Waals surface area contributed by atoms with Gasteiger partial charge in [-0.1, -0.05) is 18.7 Å². The summed E-state index contributed by atoms with van der Waals surface area (Å²) in [5.41, 5.74) is 0.210. The van der Waals surface area contributed by atoms with Crippen molar-refractivity contribution in [1.29, 1.82) is 0 Å². The van der Waals surface area contributed by atoms with Crippen LogP contribution in [0.4, 0.5) is 0 Å². The fraction of sp³-hybridized carbons (Fsp3) is 0.250. The molecule has 5 heteroatoms. The third-order valence-electron chi connectivity index (χ3n) is 2.12. The summed E-state index contributed by atoms with van der Waals surface area (Å²) in [6.07, 6.45) is 2.16. The SMILES string of the molecule is C=C[C@@H](C)OC(=O)c1cccc(S(C)(=O)=O)c1. The smallest absolute Gasteiger partial charge is 0.338 e. The number of benzene rings is 1. The van der Waals surface area contributed by atoms with Crippen LogP contribution in [-0.2, 0) is 14.6 Å². The first-order chi connectivity index (χ1) is 7.84. The van der Waals surface area contributed by atoms with Crippen LogP contribution in [0.2, 0.25) is 0 Å². The van der Waals surface area contributed by atoms with Gasteiger partial charge in [-0.3, -0.25) is 0 Å². The highest BCUT2D eigenvalue weighted by Gasteiger charge is 2.13. The number of sulfone groups is 1. The highest BCUT2D eigenvalue weighted by atomic mass is 32.2. The molecule has 0 amide bonds. The van der Waals surface area contributed by atoms with Gasteiger partial charge in [-0.2, -0.15) is 0 Å². The predicted octanol–water partition coefficient (Wildman–Crippen LogP) is 1.82. The molecule has 0 aliphatic rings. The van der Waals surface area contributed by atoms with Crippen molar-refractivity contribution < 1.29 is 17.9 Å². The second-order valence-corrected chi connectivity index (χ2v) is 5.66. The lowest BCUT2D eigenvalue weighted by Gasteiger charge is -2.09. The first kappa shape index (κ1) is 13.4. The molecule has 0 unspecified atom stereocenters. The van der Waals surface area contributed by atoms with Crippen molar-refractivity contribution in [3.05, 3.63) is 42.5 Å². The molecule has 0 saturated carbocycles. The molecule has 0 aliphatic carbocycles. The van der Waals surface area contributed by atoms with Gasteiger partial charge in [0, 0.05) is 6.26 Å². The fourth-order valence-corrected chi connectivity index (χ4v) is 1.81. The molecular formula is C12H14O4S. The molecule has 4 nitrogen and oxygen atoms in total. The van der Waals surface area contributed by atoms with E-state index in [9.17, 15) is 13.2 Å². The van der Waals surface area contributed by atoms with Gasteiger partial charge in [0.1, 0.15) is 6.10 Å². The number of carbonyl (C=O) groups excluding carboxylic acids is 1. The van der Waals surface area contributed by atoms with Crippen molar-refractivity contribution in [2.45, 2.75) is 17.9 Å². The van der Waals surface area contributed by atoms with Crippen molar-refractivity contribution in [1.82, 2.24) is 0 Å². The number of carbonyl (C=O) groups is 1. The summed E-state index contributed by atoms with van der Waals surface area (Å²) >= 11 is 0. The summed E-state index contributed by atoms with van der Waals surface area (Å²) in [5.74, 6) is -0.567. The lowest BCUT2D eigenvalue weighted by molar-refractivity contribution is 0.0425. The molecule has 0 aliphatic heterocycles. The highest BCUT2D eigenvalue weighted by molar-refractivity contribution is 7.90. The minimum Gasteiger partial charge on any atom is -0.455 e. The first-order valence-electron chi connectivity index (χ1n) is 4.98. The largest absolute Gasteiger partial charge is 0.455 e. The zero-order chi connectivity index (χ0) is 13.1. The molecule has 0 spiro atoms. The summed E-state index contributed by atoms with van der Waals surface area (Å²) in [5, 5.41) is 0. The molecule has 0 heterocycles. The Morgan fingerprint density at radius 2 is 2.12 bits per heavy atom. The van der Waals surface area contributed by atoms with Gasteiger partial charge in [0.15, 0.2) is 9.84 Å². The normalized spacial score (nSPS) is 12.8. The van der Waals surface area contributed by atoms with Gasteiger partial charge in [-0.15, -0.1) is 0 Å². The van der Waals surface area contributed by atoms with Crippen LogP contribution in [0.1, 0.15) is 17.3 Å². The van der Waals surface area contributed by atoms with Crippen LogP contribution < -0.4 is 0 Å². The summed E-state index contributed by atoms with van der Waals surface area (Å²) in [6, 6.07) is 5.74. The molecule has 0 N–H and O–H groups in total. The number of ether oxygens (including phenoxy) is 1. The van der Waals surface area contributed by atoms with Gasteiger partial charge >= 0.3 is 5.97 Å². The molecule has 1 aromatic carbocycles. The zero-order valence-corrected chi connectivity index (χ0v) is 10.5. The Labute approximate surface area is 101 Å². The Balaban J connectivity index is 3.00. The second-order valence-electron chi connectivity index (χ2n) is 3.65. The lowest BCUT2D eigenvalue weighted by atomic mass is 10.2. The third kappa shape index (κ3) is 3.71. The van der Waals surface area contributed by atoms with Crippen LogP contribution in [0.5, 0.6) is 0 Å². The Morgan fingerprint density at radius 3 is 2.65 bits per heavy atom. The molecule has 0 aromatic heterocycles. The van der Waals surface area contributed by atoms with Crippen molar-refractivity contribution >= 4 is 15.8 Å². The number of rotatable bonds is 4.